The molecule has 1 fully saturated rings. The summed E-state index contributed by atoms with van der Waals surface area (Å²) in [6, 6.07) is 1.64. The van der Waals surface area contributed by atoms with Gasteiger partial charge < -0.3 is 10.4 Å². The van der Waals surface area contributed by atoms with Gasteiger partial charge in [0.1, 0.15) is 4.88 Å². The van der Waals surface area contributed by atoms with Crippen LogP contribution in [0.15, 0.2) is 11.4 Å². The second-order valence-corrected chi connectivity index (χ2v) is 4.86. The molecule has 0 bridgehead atoms. The molecule has 0 radical (unpaired) electrons. The van der Waals surface area contributed by atoms with Gasteiger partial charge in [0.05, 0.1) is 5.69 Å². The van der Waals surface area contributed by atoms with Crippen molar-refractivity contribution in [3.8, 4) is 0 Å². The van der Waals surface area contributed by atoms with E-state index in [1.54, 1.807) is 11.4 Å². The molecule has 1 saturated carbocycles. The fraction of sp³-hybridized carbons (Fsp3) is 0.455. The average Bonchev–Trinajstić information content (AvgIpc) is 2.86. The van der Waals surface area contributed by atoms with Gasteiger partial charge >= 0.3 is 5.97 Å². The fourth-order valence-corrected chi connectivity index (χ4v) is 2.68. The maximum absolute atomic E-state index is 11.8. The van der Waals surface area contributed by atoms with E-state index in [0.717, 1.165) is 37.0 Å². The minimum Gasteiger partial charge on any atom is -0.477 e. The van der Waals surface area contributed by atoms with Crippen LogP contribution in [0.2, 0.25) is 0 Å². The molecule has 0 atom stereocenters. The van der Waals surface area contributed by atoms with E-state index in [1.807, 2.05) is 0 Å². The summed E-state index contributed by atoms with van der Waals surface area (Å²) in [5, 5.41) is 13.3. The van der Waals surface area contributed by atoms with Crippen LogP contribution in [0, 0.1) is 5.92 Å². The average molecular weight is 239 g/mol. The van der Waals surface area contributed by atoms with Gasteiger partial charge in [0, 0.05) is 5.92 Å². The maximum atomic E-state index is 11.8. The van der Waals surface area contributed by atoms with Crippen LogP contribution in [-0.2, 0) is 4.79 Å². The molecular weight excluding hydrogens is 226 g/mol. The van der Waals surface area contributed by atoms with Gasteiger partial charge in [0.25, 0.3) is 0 Å². The summed E-state index contributed by atoms with van der Waals surface area (Å²) in [5.41, 5.74) is 0.425. The third-order valence-electron chi connectivity index (χ3n) is 2.84. The standard InChI is InChI=1S/C11H13NO3S/c13-10(7-3-1-2-4-7)12-8-5-6-16-9(8)11(14)15/h5-7H,1-4H2,(H,12,13)(H,14,15). The van der Waals surface area contributed by atoms with Gasteiger partial charge in [-0.2, -0.15) is 0 Å². The second-order valence-electron chi connectivity index (χ2n) is 3.94. The highest BCUT2D eigenvalue weighted by atomic mass is 32.1. The normalized spacial score (nSPS) is 16.2. The van der Waals surface area contributed by atoms with Gasteiger partial charge in [0.15, 0.2) is 0 Å². The lowest BCUT2D eigenvalue weighted by atomic mass is 10.1. The van der Waals surface area contributed by atoms with Crippen molar-refractivity contribution in [2.75, 3.05) is 5.32 Å². The minimum atomic E-state index is -0.989. The number of rotatable bonds is 3. The monoisotopic (exact) mass is 239 g/mol. The first-order valence-electron chi connectivity index (χ1n) is 5.30. The highest BCUT2D eigenvalue weighted by Gasteiger charge is 2.24. The molecule has 4 nitrogen and oxygen atoms in total. The highest BCUT2D eigenvalue weighted by molar-refractivity contribution is 7.12. The summed E-state index contributed by atoms with van der Waals surface area (Å²) < 4.78 is 0. The van der Waals surface area contributed by atoms with Crippen molar-refractivity contribution in [1.82, 2.24) is 0 Å². The predicted octanol–water partition coefficient (Wildman–Crippen LogP) is 2.58. The van der Waals surface area contributed by atoms with Crippen molar-refractivity contribution in [2.24, 2.45) is 5.92 Å². The summed E-state index contributed by atoms with van der Waals surface area (Å²) in [6.45, 7) is 0. The van der Waals surface area contributed by atoms with Crippen molar-refractivity contribution < 1.29 is 14.7 Å². The topological polar surface area (TPSA) is 66.4 Å². The molecule has 0 spiro atoms. The number of nitrogens with one attached hydrogen (secondary N) is 1. The van der Waals surface area contributed by atoms with E-state index in [0.29, 0.717) is 5.69 Å². The first-order valence-corrected chi connectivity index (χ1v) is 6.18. The van der Waals surface area contributed by atoms with Crippen LogP contribution in [0.4, 0.5) is 5.69 Å². The number of carboxylic acid groups (broad SMARTS) is 1. The second kappa shape index (κ2) is 4.65. The molecule has 2 N–H and O–H groups in total. The molecule has 0 saturated heterocycles. The Balaban J connectivity index is 2.05. The predicted molar refractivity (Wildman–Crippen MR) is 61.9 cm³/mol. The zero-order chi connectivity index (χ0) is 11.5. The van der Waals surface area contributed by atoms with E-state index >= 15 is 0 Å². The van der Waals surface area contributed by atoms with Crippen LogP contribution >= 0.6 is 11.3 Å². The molecule has 1 heterocycles. The Morgan fingerprint density at radius 3 is 2.69 bits per heavy atom. The molecule has 1 aromatic rings. The number of aromatic carboxylic acids is 1. The molecule has 2 rings (SSSR count). The van der Waals surface area contributed by atoms with Gasteiger partial charge in [-0.05, 0) is 24.3 Å². The zero-order valence-electron chi connectivity index (χ0n) is 8.73. The Kier molecular flexibility index (Phi) is 3.24. The van der Waals surface area contributed by atoms with Gasteiger partial charge in [0.2, 0.25) is 5.91 Å². The molecule has 1 aliphatic rings. The first-order chi connectivity index (χ1) is 7.68. The lowest BCUT2D eigenvalue weighted by Gasteiger charge is -2.09. The minimum absolute atomic E-state index is 0.0431. The van der Waals surface area contributed by atoms with Gasteiger partial charge in [-0.1, -0.05) is 12.8 Å². The van der Waals surface area contributed by atoms with Crippen molar-refractivity contribution in [2.45, 2.75) is 25.7 Å². The molecule has 1 aromatic heterocycles. The van der Waals surface area contributed by atoms with E-state index < -0.39 is 5.97 Å². The van der Waals surface area contributed by atoms with E-state index in [9.17, 15) is 9.59 Å². The number of carbonyl (C=O) groups is 2. The lowest BCUT2D eigenvalue weighted by molar-refractivity contribution is -0.119. The molecular formula is C11H13NO3S. The van der Waals surface area contributed by atoms with Gasteiger partial charge in [-0.25, -0.2) is 4.79 Å². The Morgan fingerprint density at radius 2 is 2.06 bits per heavy atom. The van der Waals surface area contributed by atoms with Crippen molar-refractivity contribution in [3.05, 3.63) is 16.3 Å². The van der Waals surface area contributed by atoms with Gasteiger partial charge in [-0.15, -0.1) is 11.3 Å². The number of hydrogen-bond donors (Lipinski definition) is 2. The Labute approximate surface area is 97.3 Å². The van der Waals surface area contributed by atoms with Gasteiger partial charge in [-0.3, -0.25) is 4.79 Å². The largest absolute Gasteiger partial charge is 0.477 e. The van der Waals surface area contributed by atoms with E-state index in [4.69, 9.17) is 5.11 Å². The number of hydrogen-bond acceptors (Lipinski definition) is 3. The molecule has 0 aromatic carbocycles. The summed E-state index contributed by atoms with van der Waals surface area (Å²) in [4.78, 5) is 22.8. The molecule has 1 aliphatic carbocycles. The molecule has 16 heavy (non-hydrogen) atoms. The third kappa shape index (κ3) is 2.24. The van der Waals surface area contributed by atoms with Crippen molar-refractivity contribution >= 4 is 28.9 Å². The van der Waals surface area contributed by atoms with E-state index in [1.165, 1.54) is 0 Å². The van der Waals surface area contributed by atoms with Crippen LogP contribution in [0.5, 0.6) is 0 Å². The fourth-order valence-electron chi connectivity index (χ4n) is 2.00. The highest BCUT2D eigenvalue weighted by Crippen LogP contribution is 2.28. The van der Waals surface area contributed by atoms with Crippen molar-refractivity contribution in [1.29, 1.82) is 0 Å². The summed E-state index contributed by atoms with van der Waals surface area (Å²) in [6.07, 6.45) is 4.01. The maximum Gasteiger partial charge on any atom is 0.348 e. The van der Waals surface area contributed by atoms with Crippen LogP contribution in [-0.4, -0.2) is 17.0 Å². The van der Waals surface area contributed by atoms with Crippen molar-refractivity contribution in [3.63, 3.8) is 0 Å². The summed E-state index contributed by atoms with van der Waals surface area (Å²) >= 11 is 1.13. The number of anilines is 1. The lowest BCUT2D eigenvalue weighted by Crippen LogP contribution is -2.20. The number of thiophene rings is 1. The molecule has 0 unspecified atom stereocenters. The number of amides is 1. The summed E-state index contributed by atoms with van der Waals surface area (Å²) in [7, 11) is 0. The van der Waals surface area contributed by atoms with Crippen LogP contribution in [0.25, 0.3) is 0 Å². The SMILES string of the molecule is O=C(O)c1sccc1NC(=O)C1CCCC1. The first kappa shape index (κ1) is 11.1. The van der Waals surface area contributed by atoms with Crippen LogP contribution < -0.4 is 5.32 Å². The van der Waals surface area contributed by atoms with E-state index in [-0.39, 0.29) is 16.7 Å². The Morgan fingerprint density at radius 1 is 1.38 bits per heavy atom. The quantitative estimate of drug-likeness (QED) is 0.852. The number of carbonyl (C=O) groups excluding carboxylic acids is 1. The zero-order valence-corrected chi connectivity index (χ0v) is 9.55. The summed E-state index contributed by atoms with van der Waals surface area (Å²) in [5.74, 6) is -0.975. The van der Waals surface area contributed by atoms with E-state index in [2.05, 4.69) is 5.32 Å². The molecule has 86 valence electrons. The molecule has 5 heteroatoms. The third-order valence-corrected chi connectivity index (χ3v) is 3.75. The molecule has 0 aliphatic heterocycles. The Hall–Kier alpha value is -1.36. The molecule has 1 amide bonds. The van der Waals surface area contributed by atoms with Crippen LogP contribution in [0.1, 0.15) is 35.4 Å². The van der Waals surface area contributed by atoms with Crippen LogP contribution in [0.3, 0.4) is 0 Å². The smallest absolute Gasteiger partial charge is 0.348 e. The number of carboxylic acids is 1. The Bertz CT molecular complexity index is 407.